The average molecular weight is 350 g/mol. The number of nitriles is 1. The molecule has 134 valence electrons. The third-order valence-corrected chi connectivity index (χ3v) is 5.21. The quantitative estimate of drug-likeness (QED) is 0.845. The minimum atomic E-state index is -0.250. The van der Waals surface area contributed by atoms with E-state index in [2.05, 4.69) is 16.0 Å². The van der Waals surface area contributed by atoms with Gasteiger partial charge in [-0.25, -0.2) is 0 Å². The van der Waals surface area contributed by atoms with Gasteiger partial charge >= 0.3 is 0 Å². The van der Waals surface area contributed by atoms with Crippen LogP contribution >= 0.6 is 0 Å². The molecule has 1 aromatic heterocycles. The fraction of sp³-hybridized carbons (Fsp3) is 0.450. The van der Waals surface area contributed by atoms with Crippen LogP contribution in [0.25, 0.3) is 10.9 Å². The van der Waals surface area contributed by atoms with Crippen molar-refractivity contribution >= 4 is 16.8 Å². The lowest BCUT2D eigenvalue weighted by molar-refractivity contribution is -0.132. The highest BCUT2D eigenvalue weighted by atomic mass is 16.5. The molecular formula is C20H22N4O2. The molecule has 1 aromatic carbocycles. The summed E-state index contributed by atoms with van der Waals surface area (Å²) in [6.07, 6.45) is 4.45. The van der Waals surface area contributed by atoms with Crippen LogP contribution in [0.2, 0.25) is 0 Å². The van der Waals surface area contributed by atoms with E-state index >= 15 is 0 Å². The van der Waals surface area contributed by atoms with E-state index in [0.717, 1.165) is 49.0 Å². The monoisotopic (exact) mass is 350 g/mol. The van der Waals surface area contributed by atoms with Crippen molar-refractivity contribution in [2.45, 2.75) is 31.4 Å². The van der Waals surface area contributed by atoms with Gasteiger partial charge in [-0.1, -0.05) is 12.1 Å². The van der Waals surface area contributed by atoms with Crippen LogP contribution in [0.15, 0.2) is 36.5 Å². The molecule has 2 aromatic rings. The van der Waals surface area contributed by atoms with E-state index < -0.39 is 0 Å². The van der Waals surface area contributed by atoms with Crippen molar-refractivity contribution in [2.24, 2.45) is 0 Å². The molecule has 2 fully saturated rings. The molecule has 2 atom stereocenters. The van der Waals surface area contributed by atoms with Crippen molar-refractivity contribution in [3.05, 3.63) is 36.5 Å². The molecule has 4 rings (SSSR count). The predicted molar refractivity (Wildman–Crippen MR) is 97.6 cm³/mol. The van der Waals surface area contributed by atoms with E-state index in [4.69, 9.17) is 10.00 Å². The highest BCUT2D eigenvalue weighted by Crippen LogP contribution is 2.26. The number of fused-ring (bicyclic) bond motifs is 1. The molecule has 6 nitrogen and oxygen atoms in total. The van der Waals surface area contributed by atoms with E-state index in [0.29, 0.717) is 13.1 Å². The zero-order valence-electron chi connectivity index (χ0n) is 14.7. The lowest BCUT2D eigenvalue weighted by Crippen LogP contribution is -2.42. The summed E-state index contributed by atoms with van der Waals surface area (Å²) < 4.78 is 6.21. The average Bonchev–Trinajstić information content (AvgIpc) is 3.31. The number of hydrogen-bond donors (Lipinski definition) is 0. The second-order valence-corrected chi connectivity index (χ2v) is 6.96. The molecule has 0 bridgehead atoms. The van der Waals surface area contributed by atoms with Crippen LogP contribution in [0.1, 0.15) is 19.3 Å². The van der Waals surface area contributed by atoms with Crippen molar-refractivity contribution in [3.63, 3.8) is 0 Å². The van der Waals surface area contributed by atoms with Gasteiger partial charge in [0.2, 0.25) is 5.91 Å². The van der Waals surface area contributed by atoms with Crippen molar-refractivity contribution in [3.8, 4) is 11.8 Å². The molecule has 2 aliphatic heterocycles. The Morgan fingerprint density at radius 3 is 3.04 bits per heavy atom. The molecule has 0 saturated carbocycles. The normalized spacial score (nSPS) is 23.3. The number of benzene rings is 1. The zero-order chi connectivity index (χ0) is 17.9. The number of amides is 1. The smallest absolute Gasteiger partial charge is 0.237 e. The molecule has 0 spiro atoms. The summed E-state index contributed by atoms with van der Waals surface area (Å²) >= 11 is 0. The summed E-state index contributed by atoms with van der Waals surface area (Å²) in [7, 11) is 0. The summed E-state index contributed by atoms with van der Waals surface area (Å²) in [5.41, 5.74) is 0.923. The molecule has 6 heteroatoms. The Balaban J connectivity index is 1.37. The molecule has 2 saturated heterocycles. The minimum Gasteiger partial charge on any atom is -0.488 e. The van der Waals surface area contributed by atoms with Crippen LogP contribution in [0.3, 0.4) is 0 Å². The molecule has 1 amide bonds. The van der Waals surface area contributed by atoms with Gasteiger partial charge in [0, 0.05) is 31.2 Å². The molecule has 2 unspecified atom stereocenters. The van der Waals surface area contributed by atoms with Crippen molar-refractivity contribution in [1.29, 1.82) is 5.26 Å². The van der Waals surface area contributed by atoms with Crippen LogP contribution < -0.4 is 4.74 Å². The Morgan fingerprint density at radius 2 is 2.15 bits per heavy atom. The fourth-order valence-corrected chi connectivity index (χ4v) is 3.87. The maximum atomic E-state index is 12.5. The summed E-state index contributed by atoms with van der Waals surface area (Å²) in [6.45, 7) is 2.64. The summed E-state index contributed by atoms with van der Waals surface area (Å²) in [5, 5.41) is 10.2. The standard InChI is InChI=1S/C20H22N4O2/c21-12-15-4-3-10-24(15)20(25)14-23-11-8-16(13-23)26-19-7-9-22-18-6-2-1-5-17(18)19/h1-2,5-7,9,15-16H,3-4,8,10-11,13-14H2. The highest BCUT2D eigenvalue weighted by Gasteiger charge is 2.32. The number of para-hydroxylation sites is 1. The first-order chi connectivity index (χ1) is 12.7. The van der Waals surface area contributed by atoms with E-state index in [9.17, 15) is 4.79 Å². The van der Waals surface area contributed by atoms with Gasteiger partial charge < -0.3 is 9.64 Å². The molecule has 0 N–H and O–H groups in total. The Morgan fingerprint density at radius 1 is 1.27 bits per heavy atom. The van der Waals surface area contributed by atoms with Crippen molar-refractivity contribution < 1.29 is 9.53 Å². The van der Waals surface area contributed by atoms with Crippen molar-refractivity contribution in [1.82, 2.24) is 14.8 Å². The maximum Gasteiger partial charge on any atom is 0.237 e. The Labute approximate surface area is 153 Å². The van der Waals surface area contributed by atoms with Crippen LogP contribution in [0, 0.1) is 11.3 Å². The number of pyridine rings is 1. The molecule has 0 aliphatic carbocycles. The third-order valence-electron chi connectivity index (χ3n) is 5.21. The number of carbonyl (C=O) groups is 1. The number of likely N-dealkylation sites (tertiary alicyclic amines) is 2. The number of hydrogen-bond acceptors (Lipinski definition) is 5. The largest absolute Gasteiger partial charge is 0.488 e. The first-order valence-electron chi connectivity index (χ1n) is 9.16. The van der Waals surface area contributed by atoms with Crippen molar-refractivity contribution in [2.75, 3.05) is 26.2 Å². The van der Waals surface area contributed by atoms with Gasteiger partial charge in [0.15, 0.2) is 0 Å². The summed E-state index contributed by atoms with van der Waals surface area (Å²) in [4.78, 5) is 20.7. The van der Waals surface area contributed by atoms with Gasteiger partial charge in [-0.3, -0.25) is 14.7 Å². The van der Waals surface area contributed by atoms with Gasteiger partial charge in [0.25, 0.3) is 0 Å². The molecule has 0 radical (unpaired) electrons. The van der Waals surface area contributed by atoms with Gasteiger partial charge in [-0.2, -0.15) is 5.26 Å². The third kappa shape index (κ3) is 3.35. The second-order valence-electron chi connectivity index (χ2n) is 6.96. The number of carbonyl (C=O) groups excluding carboxylic acids is 1. The zero-order valence-corrected chi connectivity index (χ0v) is 14.7. The SMILES string of the molecule is N#CC1CCCN1C(=O)CN1CCC(Oc2ccnc3ccccc23)C1. The van der Waals surface area contributed by atoms with Crippen LogP contribution in [0.5, 0.6) is 5.75 Å². The maximum absolute atomic E-state index is 12.5. The Bertz CT molecular complexity index is 842. The number of ether oxygens (including phenoxy) is 1. The molecular weight excluding hydrogens is 328 g/mol. The van der Waals surface area contributed by atoms with Gasteiger partial charge in [-0.15, -0.1) is 0 Å². The highest BCUT2D eigenvalue weighted by molar-refractivity contribution is 5.84. The van der Waals surface area contributed by atoms with E-state index in [1.54, 1.807) is 11.1 Å². The second kappa shape index (κ2) is 7.30. The van der Waals surface area contributed by atoms with Gasteiger partial charge in [-0.05, 0) is 37.5 Å². The van der Waals surface area contributed by atoms with E-state index in [1.165, 1.54) is 0 Å². The topological polar surface area (TPSA) is 69.5 Å². The van der Waals surface area contributed by atoms with E-state index in [-0.39, 0.29) is 18.1 Å². The number of rotatable bonds is 4. The summed E-state index contributed by atoms with van der Waals surface area (Å²) in [6, 6.07) is 11.8. The number of aromatic nitrogens is 1. The molecule has 3 heterocycles. The van der Waals surface area contributed by atoms with Gasteiger partial charge in [0.1, 0.15) is 17.9 Å². The molecule has 2 aliphatic rings. The lowest BCUT2D eigenvalue weighted by atomic mass is 10.2. The van der Waals surface area contributed by atoms with Crippen LogP contribution in [-0.4, -0.2) is 59.0 Å². The minimum absolute atomic E-state index is 0.0593. The lowest BCUT2D eigenvalue weighted by Gasteiger charge is -2.23. The molecule has 26 heavy (non-hydrogen) atoms. The Hall–Kier alpha value is -2.65. The van der Waals surface area contributed by atoms with Crippen LogP contribution in [-0.2, 0) is 4.79 Å². The fourth-order valence-electron chi connectivity index (χ4n) is 3.87. The summed E-state index contributed by atoms with van der Waals surface area (Å²) in [5.74, 6) is 0.905. The van der Waals surface area contributed by atoms with Gasteiger partial charge in [0.05, 0.1) is 18.1 Å². The van der Waals surface area contributed by atoms with E-state index in [1.807, 2.05) is 30.3 Å². The first-order valence-corrected chi connectivity index (χ1v) is 9.16. The Kier molecular flexibility index (Phi) is 4.72. The first kappa shape index (κ1) is 16.8. The predicted octanol–water partition coefficient (Wildman–Crippen LogP) is 2.20. The van der Waals surface area contributed by atoms with Crippen LogP contribution in [0.4, 0.5) is 0 Å². The number of nitrogens with zero attached hydrogens (tertiary/aromatic N) is 4.